The molecule has 114 valence electrons. The minimum atomic E-state index is 0.0136. The van der Waals surface area contributed by atoms with Crippen LogP contribution in [0.1, 0.15) is 40.9 Å². The van der Waals surface area contributed by atoms with Gasteiger partial charge in [0.2, 0.25) is 5.91 Å². The van der Waals surface area contributed by atoms with E-state index in [0.29, 0.717) is 0 Å². The smallest absolute Gasteiger partial charge is 0.254 e. The summed E-state index contributed by atoms with van der Waals surface area (Å²) < 4.78 is 0. The quantitative estimate of drug-likeness (QED) is 0.912. The minimum absolute atomic E-state index is 0.0136. The Kier molecular flexibility index (Phi) is 3.78. The number of nitrogens with zero attached hydrogens (tertiary/aromatic N) is 1. The van der Waals surface area contributed by atoms with Gasteiger partial charge in [-0.05, 0) is 37.6 Å². The number of amides is 2. The summed E-state index contributed by atoms with van der Waals surface area (Å²) in [4.78, 5) is 27.8. The van der Waals surface area contributed by atoms with E-state index in [-0.39, 0.29) is 23.1 Å². The molecule has 2 fully saturated rings. The zero-order valence-electron chi connectivity index (χ0n) is 12.6. The van der Waals surface area contributed by atoms with Crippen molar-refractivity contribution >= 4 is 23.2 Å². The molecule has 1 aliphatic heterocycles. The fraction of sp³-hybridized carbons (Fsp3) is 0.625. The van der Waals surface area contributed by atoms with E-state index in [1.165, 1.54) is 0 Å². The first-order chi connectivity index (χ1) is 10.1. The first-order valence-corrected chi connectivity index (χ1v) is 8.50. The number of hydrogen-bond donors (Lipinski definition) is 1. The molecule has 1 N–H and O–H groups in total. The maximum absolute atomic E-state index is 12.6. The van der Waals surface area contributed by atoms with E-state index in [9.17, 15) is 9.59 Å². The maximum atomic E-state index is 12.6. The molecule has 1 aromatic rings. The Morgan fingerprint density at radius 2 is 2.24 bits per heavy atom. The van der Waals surface area contributed by atoms with E-state index in [2.05, 4.69) is 5.32 Å². The molecule has 3 rings (SSSR count). The van der Waals surface area contributed by atoms with E-state index in [1.54, 1.807) is 18.4 Å². The summed E-state index contributed by atoms with van der Waals surface area (Å²) >= 11 is 1.61. The minimum Gasteiger partial charge on any atom is -0.359 e. The molecule has 4 nitrogen and oxygen atoms in total. The van der Waals surface area contributed by atoms with Gasteiger partial charge in [-0.2, -0.15) is 0 Å². The molecule has 1 aromatic heterocycles. The number of thiophene rings is 1. The first-order valence-electron chi connectivity index (χ1n) is 7.62. The Morgan fingerprint density at radius 1 is 1.43 bits per heavy atom. The van der Waals surface area contributed by atoms with Crippen molar-refractivity contribution in [3.63, 3.8) is 0 Å². The Hall–Kier alpha value is -1.36. The Morgan fingerprint density at radius 3 is 2.90 bits per heavy atom. The third-order valence-electron chi connectivity index (χ3n) is 5.23. The summed E-state index contributed by atoms with van der Waals surface area (Å²) in [6, 6.07) is 1.91. The molecule has 5 heteroatoms. The summed E-state index contributed by atoms with van der Waals surface area (Å²) in [7, 11) is 1.71. The molecule has 1 saturated carbocycles. The van der Waals surface area contributed by atoms with Gasteiger partial charge in [0.05, 0.1) is 5.56 Å². The molecule has 0 radical (unpaired) electrons. The van der Waals surface area contributed by atoms with Gasteiger partial charge in [0.1, 0.15) is 0 Å². The van der Waals surface area contributed by atoms with Crippen molar-refractivity contribution < 1.29 is 9.59 Å². The lowest BCUT2D eigenvalue weighted by molar-refractivity contribution is -0.127. The van der Waals surface area contributed by atoms with Crippen LogP contribution in [0, 0.1) is 18.3 Å². The summed E-state index contributed by atoms with van der Waals surface area (Å²) in [6.07, 6.45) is 4.08. The number of likely N-dealkylation sites (tertiary alicyclic amines) is 1. The van der Waals surface area contributed by atoms with Crippen molar-refractivity contribution in [2.24, 2.45) is 11.3 Å². The molecule has 0 bridgehead atoms. The largest absolute Gasteiger partial charge is 0.359 e. The first kappa shape index (κ1) is 14.6. The van der Waals surface area contributed by atoms with Crippen LogP contribution >= 0.6 is 11.3 Å². The monoisotopic (exact) mass is 306 g/mol. The van der Waals surface area contributed by atoms with Gasteiger partial charge < -0.3 is 10.2 Å². The molecule has 2 aliphatic rings. The van der Waals surface area contributed by atoms with Gasteiger partial charge >= 0.3 is 0 Å². The van der Waals surface area contributed by atoms with Crippen LogP contribution in [0.3, 0.4) is 0 Å². The van der Waals surface area contributed by atoms with Crippen LogP contribution in [0.4, 0.5) is 0 Å². The van der Waals surface area contributed by atoms with Crippen LogP contribution in [0.5, 0.6) is 0 Å². The van der Waals surface area contributed by atoms with E-state index in [1.807, 2.05) is 23.3 Å². The second-order valence-corrected chi connectivity index (χ2v) is 7.41. The zero-order chi connectivity index (χ0) is 15.0. The van der Waals surface area contributed by atoms with Crippen molar-refractivity contribution in [3.8, 4) is 0 Å². The van der Waals surface area contributed by atoms with Gasteiger partial charge in [-0.25, -0.2) is 0 Å². The van der Waals surface area contributed by atoms with E-state index in [0.717, 1.165) is 49.2 Å². The van der Waals surface area contributed by atoms with Gasteiger partial charge in [-0.15, -0.1) is 11.3 Å². The maximum Gasteiger partial charge on any atom is 0.254 e. The summed E-state index contributed by atoms with van der Waals surface area (Å²) in [5.41, 5.74) is 0.839. The third-order valence-corrected chi connectivity index (χ3v) is 6.08. The molecular weight excluding hydrogens is 284 g/mol. The van der Waals surface area contributed by atoms with Gasteiger partial charge in [0, 0.05) is 36.3 Å². The van der Waals surface area contributed by atoms with E-state index in [4.69, 9.17) is 0 Å². The number of carbonyl (C=O) groups is 2. The molecule has 1 spiro atoms. The highest BCUT2D eigenvalue weighted by Gasteiger charge is 2.51. The van der Waals surface area contributed by atoms with Crippen LogP contribution in [0.15, 0.2) is 11.4 Å². The Labute approximate surface area is 129 Å². The van der Waals surface area contributed by atoms with Gasteiger partial charge in [-0.3, -0.25) is 9.59 Å². The standard InChI is InChI=1S/C16H22N2O2S/c1-11-12(5-9-21-11)15(20)18-8-7-16(10-18)6-3-4-13(16)14(19)17-2/h5,9,13H,3-4,6-8,10H2,1-2H3,(H,17,19)/t13-,16+/m1/s1. The number of hydrogen-bond acceptors (Lipinski definition) is 3. The average Bonchev–Trinajstić information content (AvgIpc) is 3.19. The number of aryl methyl sites for hydroxylation is 1. The molecule has 21 heavy (non-hydrogen) atoms. The molecule has 0 aromatic carbocycles. The number of nitrogens with one attached hydrogen (secondary N) is 1. The number of rotatable bonds is 2. The highest BCUT2D eigenvalue weighted by molar-refractivity contribution is 7.10. The molecule has 1 aliphatic carbocycles. The topological polar surface area (TPSA) is 49.4 Å². The normalized spacial score (nSPS) is 28.3. The molecular formula is C16H22N2O2S. The van der Waals surface area contributed by atoms with Crippen LogP contribution in [-0.4, -0.2) is 36.9 Å². The SMILES string of the molecule is CNC(=O)[C@H]1CCC[C@@]12CCN(C(=O)c1ccsc1C)C2. The summed E-state index contributed by atoms with van der Waals surface area (Å²) in [5.74, 6) is 0.352. The summed E-state index contributed by atoms with van der Waals surface area (Å²) in [6.45, 7) is 3.51. The fourth-order valence-corrected chi connectivity index (χ4v) is 4.75. The van der Waals surface area contributed by atoms with Crippen molar-refractivity contribution in [2.45, 2.75) is 32.6 Å². The highest BCUT2D eigenvalue weighted by atomic mass is 32.1. The second-order valence-electron chi connectivity index (χ2n) is 6.29. The highest BCUT2D eigenvalue weighted by Crippen LogP contribution is 2.50. The number of carbonyl (C=O) groups excluding carboxylic acids is 2. The van der Waals surface area contributed by atoms with Crippen LogP contribution in [-0.2, 0) is 4.79 Å². The van der Waals surface area contributed by atoms with Crippen LogP contribution in [0.25, 0.3) is 0 Å². The van der Waals surface area contributed by atoms with E-state index < -0.39 is 0 Å². The molecule has 1 saturated heterocycles. The lowest BCUT2D eigenvalue weighted by Crippen LogP contribution is -2.40. The lowest BCUT2D eigenvalue weighted by Gasteiger charge is -2.30. The van der Waals surface area contributed by atoms with Gasteiger partial charge in [-0.1, -0.05) is 6.42 Å². The Balaban J connectivity index is 1.77. The predicted molar refractivity (Wildman–Crippen MR) is 83.4 cm³/mol. The molecule has 2 atom stereocenters. The average molecular weight is 306 g/mol. The van der Waals surface area contributed by atoms with Crippen LogP contribution in [0.2, 0.25) is 0 Å². The molecule has 2 heterocycles. The third kappa shape index (κ3) is 2.37. The molecule has 2 amide bonds. The van der Waals surface area contributed by atoms with Crippen molar-refractivity contribution in [1.82, 2.24) is 10.2 Å². The fourth-order valence-electron chi connectivity index (χ4n) is 4.06. The van der Waals surface area contributed by atoms with Gasteiger partial charge in [0.15, 0.2) is 0 Å². The zero-order valence-corrected chi connectivity index (χ0v) is 13.5. The second kappa shape index (κ2) is 5.44. The lowest BCUT2D eigenvalue weighted by atomic mass is 9.76. The van der Waals surface area contributed by atoms with Gasteiger partial charge in [0.25, 0.3) is 5.91 Å². The summed E-state index contributed by atoms with van der Waals surface area (Å²) in [5, 5.41) is 4.77. The van der Waals surface area contributed by atoms with Crippen LogP contribution < -0.4 is 5.32 Å². The Bertz CT molecular complexity index is 568. The molecule has 0 unspecified atom stereocenters. The van der Waals surface area contributed by atoms with Crippen molar-refractivity contribution in [2.75, 3.05) is 20.1 Å². The van der Waals surface area contributed by atoms with Crippen molar-refractivity contribution in [3.05, 3.63) is 21.9 Å². The van der Waals surface area contributed by atoms with Crippen molar-refractivity contribution in [1.29, 1.82) is 0 Å². The predicted octanol–water partition coefficient (Wildman–Crippen LogP) is 2.43. The van der Waals surface area contributed by atoms with E-state index >= 15 is 0 Å².